The Kier molecular flexibility index (Phi) is 3.22. The van der Waals surface area contributed by atoms with Gasteiger partial charge in [0.05, 0.1) is 12.0 Å². The Morgan fingerprint density at radius 1 is 1.45 bits per heavy atom. The SMILES string of the molecule is O=C(c1ccc(Cl)o1)N1C[C@@H]2COCC[C@]2(C(=O)O)C1. The van der Waals surface area contributed by atoms with E-state index in [9.17, 15) is 14.7 Å². The van der Waals surface area contributed by atoms with Crippen molar-refractivity contribution in [2.75, 3.05) is 26.3 Å². The van der Waals surface area contributed by atoms with Gasteiger partial charge in [-0.1, -0.05) is 0 Å². The van der Waals surface area contributed by atoms with E-state index in [2.05, 4.69) is 0 Å². The fraction of sp³-hybridized carbons (Fsp3) is 0.538. The normalized spacial score (nSPS) is 29.2. The van der Waals surface area contributed by atoms with Crippen LogP contribution >= 0.6 is 11.6 Å². The summed E-state index contributed by atoms with van der Waals surface area (Å²) in [7, 11) is 0. The molecule has 1 N–H and O–H groups in total. The van der Waals surface area contributed by atoms with Gasteiger partial charge in [-0.25, -0.2) is 0 Å². The second-order valence-corrected chi connectivity index (χ2v) is 5.65. The van der Waals surface area contributed by atoms with E-state index in [-0.39, 0.29) is 29.3 Å². The Hall–Kier alpha value is -1.53. The van der Waals surface area contributed by atoms with Crippen molar-refractivity contribution in [2.24, 2.45) is 11.3 Å². The van der Waals surface area contributed by atoms with Gasteiger partial charge >= 0.3 is 5.97 Å². The van der Waals surface area contributed by atoms with E-state index in [1.807, 2.05) is 0 Å². The van der Waals surface area contributed by atoms with Crippen LogP contribution in [-0.4, -0.2) is 48.2 Å². The molecule has 3 rings (SSSR count). The first-order valence-electron chi connectivity index (χ1n) is 6.39. The lowest BCUT2D eigenvalue weighted by molar-refractivity contribution is -0.157. The van der Waals surface area contributed by atoms with Crippen LogP contribution in [-0.2, 0) is 9.53 Å². The summed E-state index contributed by atoms with van der Waals surface area (Å²) in [5, 5.41) is 9.68. The van der Waals surface area contributed by atoms with Gasteiger partial charge in [0, 0.05) is 25.6 Å². The van der Waals surface area contributed by atoms with E-state index >= 15 is 0 Å². The predicted molar refractivity (Wildman–Crippen MR) is 68.6 cm³/mol. The minimum absolute atomic E-state index is 0.134. The van der Waals surface area contributed by atoms with Crippen molar-refractivity contribution in [3.8, 4) is 0 Å². The zero-order valence-corrected chi connectivity index (χ0v) is 11.4. The van der Waals surface area contributed by atoms with Crippen molar-refractivity contribution >= 4 is 23.5 Å². The number of carboxylic acids is 1. The van der Waals surface area contributed by atoms with E-state index in [4.69, 9.17) is 20.8 Å². The third-order valence-corrected chi connectivity index (χ3v) is 4.41. The van der Waals surface area contributed by atoms with Gasteiger partial charge in [0.25, 0.3) is 5.91 Å². The summed E-state index contributed by atoms with van der Waals surface area (Å²) < 4.78 is 10.5. The summed E-state index contributed by atoms with van der Waals surface area (Å²) in [6, 6.07) is 2.99. The van der Waals surface area contributed by atoms with Gasteiger partial charge in [0.1, 0.15) is 0 Å². The predicted octanol–water partition coefficient (Wildman–Crippen LogP) is 1.50. The number of furan rings is 1. The largest absolute Gasteiger partial charge is 0.481 e. The summed E-state index contributed by atoms with van der Waals surface area (Å²) in [6.07, 6.45) is 0.426. The molecule has 1 aromatic rings. The van der Waals surface area contributed by atoms with Crippen LogP contribution in [0, 0.1) is 11.3 Å². The van der Waals surface area contributed by atoms with Crippen LogP contribution in [0.4, 0.5) is 0 Å². The molecule has 2 aliphatic heterocycles. The number of halogens is 1. The number of carboxylic acid groups (broad SMARTS) is 1. The van der Waals surface area contributed by atoms with Gasteiger partial charge in [0.2, 0.25) is 0 Å². The Morgan fingerprint density at radius 3 is 2.85 bits per heavy atom. The number of nitrogens with zero attached hydrogens (tertiary/aromatic N) is 1. The lowest BCUT2D eigenvalue weighted by Gasteiger charge is -2.33. The van der Waals surface area contributed by atoms with Crippen LogP contribution in [0.15, 0.2) is 16.5 Å². The first kappa shape index (κ1) is 13.5. The van der Waals surface area contributed by atoms with E-state index < -0.39 is 11.4 Å². The van der Waals surface area contributed by atoms with E-state index in [1.54, 1.807) is 0 Å². The van der Waals surface area contributed by atoms with Gasteiger partial charge in [-0.05, 0) is 30.2 Å². The monoisotopic (exact) mass is 299 g/mol. The molecule has 1 aromatic heterocycles. The molecule has 0 spiro atoms. The molecule has 3 heterocycles. The molecule has 0 aromatic carbocycles. The number of carbonyl (C=O) groups excluding carboxylic acids is 1. The maximum absolute atomic E-state index is 12.3. The highest BCUT2D eigenvalue weighted by atomic mass is 35.5. The van der Waals surface area contributed by atoms with Crippen molar-refractivity contribution < 1.29 is 23.8 Å². The number of aliphatic carboxylic acids is 1. The molecule has 7 heteroatoms. The molecular weight excluding hydrogens is 286 g/mol. The van der Waals surface area contributed by atoms with Gasteiger partial charge < -0.3 is 19.2 Å². The zero-order valence-electron chi connectivity index (χ0n) is 10.7. The van der Waals surface area contributed by atoms with Crippen LogP contribution in [0.25, 0.3) is 0 Å². The summed E-state index contributed by atoms with van der Waals surface area (Å²) in [4.78, 5) is 25.5. The number of rotatable bonds is 2. The Morgan fingerprint density at radius 2 is 2.25 bits per heavy atom. The smallest absolute Gasteiger partial charge is 0.311 e. The summed E-state index contributed by atoms with van der Waals surface area (Å²) in [5.74, 6) is -1.23. The molecule has 108 valence electrons. The molecule has 1 amide bonds. The molecule has 0 saturated carbocycles. The van der Waals surface area contributed by atoms with Crippen LogP contribution in [0.3, 0.4) is 0 Å². The highest BCUT2D eigenvalue weighted by molar-refractivity contribution is 6.29. The van der Waals surface area contributed by atoms with E-state index in [0.717, 1.165) is 0 Å². The van der Waals surface area contributed by atoms with Crippen LogP contribution in [0.1, 0.15) is 17.0 Å². The summed E-state index contributed by atoms with van der Waals surface area (Å²) >= 11 is 5.66. The van der Waals surface area contributed by atoms with Crippen molar-refractivity contribution in [1.29, 1.82) is 0 Å². The summed E-state index contributed by atoms with van der Waals surface area (Å²) in [5.41, 5.74) is -0.899. The minimum atomic E-state index is -0.899. The van der Waals surface area contributed by atoms with E-state index in [0.29, 0.717) is 26.2 Å². The Bertz CT molecular complexity index is 557. The molecule has 0 radical (unpaired) electrons. The highest BCUT2D eigenvalue weighted by Crippen LogP contribution is 2.42. The van der Waals surface area contributed by atoms with Gasteiger partial charge in [-0.2, -0.15) is 0 Å². The number of likely N-dealkylation sites (tertiary alicyclic amines) is 1. The second kappa shape index (κ2) is 4.79. The molecule has 0 bridgehead atoms. The van der Waals surface area contributed by atoms with Crippen molar-refractivity contribution in [3.63, 3.8) is 0 Å². The Balaban J connectivity index is 1.84. The molecule has 2 atom stereocenters. The number of carbonyl (C=O) groups is 2. The average molecular weight is 300 g/mol. The fourth-order valence-electron chi connectivity index (χ4n) is 3.04. The molecular formula is C13H14ClNO5. The molecule has 2 fully saturated rings. The number of amides is 1. The number of hydrogen-bond acceptors (Lipinski definition) is 4. The maximum atomic E-state index is 12.3. The lowest BCUT2D eigenvalue weighted by atomic mass is 9.74. The molecule has 20 heavy (non-hydrogen) atoms. The molecule has 6 nitrogen and oxygen atoms in total. The minimum Gasteiger partial charge on any atom is -0.481 e. The number of ether oxygens (including phenoxy) is 1. The zero-order chi connectivity index (χ0) is 14.3. The molecule has 0 unspecified atom stereocenters. The van der Waals surface area contributed by atoms with Crippen molar-refractivity contribution in [1.82, 2.24) is 4.90 Å². The molecule has 2 saturated heterocycles. The molecule has 0 aliphatic carbocycles. The first-order chi connectivity index (χ1) is 9.53. The third-order valence-electron chi connectivity index (χ3n) is 4.20. The highest BCUT2D eigenvalue weighted by Gasteiger charge is 2.55. The van der Waals surface area contributed by atoms with Crippen molar-refractivity contribution in [2.45, 2.75) is 6.42 Å². The van der Waals surface area contributed by atoms with Gasteiger partial charge in [0.15, 0.2) is 11.0 Å². The third kappa shape index (κ3) is 1.99. The van der Waals surface area contributed by atoms with Gasteiger partial charge in [-0.3, -0.25) is 9.59 Å². The first-order valence-corrected chi connectivity index (χ1v) is 6.76. The Labute approximate surface area is 120 Å². The number of fused-ring (bicyclic) bond motifs is 1. The lowest BCUT2D eigenvalue weighted by Crippen LogP contribution is -2.45. The number of hydrogen-bond donors (Lipinski definition) is 1. The molecule has 2 aliphatic rings. The van der Waals surface area contributed by atoms with Crippen LogP contribution in [0.2, 0.25) is 5.22 Å². The standard InChI is InChI=1S/C13H14ClNO5/c14-10-2-1-9(20-10)11(16)15-5-8-6-19-4-3-13(8,7-15)12(17)18/h1-2,8H,3-7H2,(H,17,18)/t8-,13+/m1/s1. The average Bonchev–Trinajstić information content (AvgIpc) is 3.02. The van der Waals surface area contributed by atoms with E-state index in [1.165, 1.54) is 17.0 Å². The fourth-order valence-corrected chi connectivity index (χ4v) is 3.19. The maximum Gasteiger partial charge on any atom is 0.311 e. The quantitative estimate of drug-likeness (QED) is 0.895. The topological polar surface area (TPSA) is 80.0 Å². The van der Waals surface area contributed by atoms with Crippen LogP contribution < -0.4 is 0 Å². The summed E-state index contributed by atoms with van der Waals surface area (Å²) in [6.45, 7) is 1.34. The van der Waals surface area contributed by atoms with Gasteiger partial charge in [-0.15, -0.1) is 0 Å². The van der Waals surface area contributed by atoms with Crippen LogP contribution in [0.5, 0.6) is 0 Å². The van der Waals surface area contributed by atoms with Crippen molar-refractivity contribution in [3.05, 3.63) is 23.1 Å². The second-order valence-electron chi connectivity index (χ2n) is 5.27.